The molecule has 0 aliphatic carbocycles. The molecule has 16 heavy (non-hydrogen) atoms. The predicted octanol–water partition coefficient (Wildman–Crippen LogP) is 2.16. The van der Waals surface area contributed by atoms with E-state index in [2.05, 4.69) is 16.4 Å². The number of aromatic nitrogens is 1. The Morgan fingerprint density at radius 1 is 1.50 bits per heavy atom. The molecule has 3 nitrogen and oxygen atoms in total. The van der Waals surface area contributed by atoms with Gasteiger partial charge < -0.3 is 5.32 Å². The van der Waals surface area contributed by atoms with E-state index in [1.807, 2.05) is 30.5 Å². The van der Waals surface area contributed by atoms with E-state index in [1.54, 1.807) is 24.2 Å². The van der Waals surface area contributed by atoms with Crippen LogP contribution in [0.15, 0.2) is 42.3 Å². The van der Waals surface area contributed by atoms with Gasteiger partial charge in [0.05, 0.1) is 11.6 Å². The minimum absolute atomic E-state index is 0.0326. The fraction of sp³-hybridized carbons (Fsp3) is 0.167. The van der Waals surface area contributed by atoms with E-state index in [4.69, 9.17) is 5.26 Å². The Morgan fingerprint density at radius 3 is 3.00 bits per heavy atom. The van der Waals surface area contributed by atoms with Crippen LogP contribution in [0.1, 0.15) is 5.56 Å². The van der Waals surface area contributed by atoms with Gasteiger partial charge in [0, 0.05) is 23.7 Å². The molecule has 1 aliphatic heterocycles. The third-order valence-electron chi connectivity index (χ3n) is 2.34. The Labute approximate surface area is 98.9 Å². The predicted molar refractivity (Wildman–Crippen MR) is 66.3 cm³/mol. The second kappa shape index (κ2) is 4.86. The molecule has 1 atom stereocenters. The highest BCUT2D eigenvalue weighted by Gasteiger charge is 2.17. The number of dihydropyridines is 1. The summed E-state index contributed by atoms with van der Waals surface area (Å²) < 4.78 is 0. The van der Waals surface area contributed by atoms with Gasteiger partial charge in [-0.3, -0.25) is 4.98 Å². The number of pyridine rings is 1. The van der Waals surface area contributed by atoms with Gasteiger partial charge in [-0.15, -0.1) is 11.8 Å². The van der Waals surface area contributed by atoms with Crippen LogP contribution in [-0.4, -0.2) is 16.6 Å². The van der Waals surface area contributed by atoms with Gasteiger partial charge in [-0.2, -0.15) is 5.26 Å². The maximum absolute atomic E-state index is 8.94. The lowest BCUT2D eigenvalue weighted by Gasteiger charge is -2.22. The van der Waals surface area contributed by atoms with Crippen molar-refractivity contribution in [2.24, 2.45) is 0 Å². The number of hydrogen-bond acceptors (Lipinski definition) is 4. The van der Waals surface area contributed by atoms with Gasteiger partial charge in [-0.25, -0.2) is 0 Å². The molecule has 0 aromatic carbocycles. The largest absolute Gasteiger partial charge is 0.368 e. The van der Waals surface area contributed by atoms with Crippen molar-refractivity contribution >= 4 is 17.5 Å². The summed E-state index contributed by atoms with van der Waals surface area (Å²) >= 11 is 1.61. The van der Waals surface area contributed by atoms with Crippen molar-refractivity contribution in [1.29, 1.82) is 5.26 Å². The molecule has 0 radical (unpaired) electrons. The molecule has 1 aromatic heterocycles. The second-order valence-corrected chi connectivity index (χ2v) is 4.26. The van der Waals surface area contributed by atoms with Crippen LogP contribution in [0.2, 0.25) is 0 Å². The Hall–Kier alpha value is -1.73. The minimum Gasteiger partial charge on any atom is -0.368 e. The molecule has 0 spiro atoms. The van der Waals surface area contributed by atoms with Crippen LogP contribution >= 0.6 is 11.8 Å². The van der Waals surface area contributed by atoms with Gasteiger partial charge in [0.25, 0.3) is 0 Å². The lowest BCUT2D eigenvalue weighted by Crippen LogP contribution is -2.28. The van der Waals surface area contributed by atoms with Crippen LogP contribution in [0.4, 0.5) is 0 Å². The van der Waals surface area contributed by atoms with E-state index in [1.165, 1.54) is 0 Å². The molecule has 1 N–H and O–H groups in total. The maximum Gasteiger partial charge on any atom is 0.108 e. The van der Waals surface area contributed by atoms with E-state index in [-0.39, 0.29) is 5.37 Å². The summed E-state index contributed by atoms with van der Waals surface area (Å²) in [6.07, 6.45) is 9.31. The normalized spacial score (nSPS) is 19.1. The second-order valence-electron chi connectivity index (χ2n) is 3.32. The van der Waals surface area contributed by atoms with Crippen LogP contribution in [0, 0.1) is 11.3 Å². The van der Waals surface area contributed by atoms with Crippen molar-refractivity contribution in [2.75, 3.05) is 6.26 Å². The molecular formula is C12H11N3S. The zero-order valence-electron chi connectivity index (χ0n) is 8.84. The molecule has 80 valence electrons. The standard InChI is InChI=1S/C12H11N3S/c1-16-12-9(7-13)4-5-11(15-12)10-3-2-6-14-8-10/h2-6,8,12,15H,1H3. The fourth-order valence-corrected chi connectivity index (χ4v) is 2.14. The molecule has 0 amide bonds. The van der Waals surface area contributed by atoms with Gasteiger partial charge in [-0.05, 0) is 30.5 Å². The van der Waals surface area contributed by atoms with Crippen molar-refractivity contribution < 1.29 is 0 Å². The molecule has 2 rings (SSSR count). The average Bonchev–Trinajstić information content (AvgIpc) is 2.39. The lowest BCUT2D eigenvalue weighted by molar-refractivity contribution is 0.906. The van der Waals surface area contributed by atoms with Crippen molar-refractivity contribution in [2.45, 2.75) is 5.37 Å². The first kappa shape index (κ1) is 10.8. The van der Waals surface area contributed by atoms with Gasteiger partial charge in [0.15, 0.2) is 0 Å². The van der Waals surface area contributed by atoms with E-state index in [0.717, 1.165) is 16.8 Å². The summed E-state index contributed by atoms with van der Waals surface area (Å²) in [5, 5.41) is 12.3. The smallest absolute Gasteiger partial charge is 0.108 e. The van der Waals surface area contributed by atoms with Crippen molar-refractivity contribution in [3.63, 3.8) is 0 Å². The van der Waals surface area contributed by atoms with E-state index in [9.17, 15) is 0 Å². The van der Waals surface area contributed by atoms with Crippen molar-refractivity contribution in [3.8, 4) is 6.07 Å². The minimum atomic E-state index is 0.0326. The Bertz CT molecular complexity index is 471. The molecule has 2 heterocycles. The number of allylic oxidation sites excluding steroid dienone is 2. The molecule has 1 aromatic rings. The average molecular weight is 229 g/mol. The maximum atomic E-state index is 8.94. The molecule has 1 unspecified atom stereocenters. The van der Waals surface area contributed by atoms with Gasteiger partial charge in [0.1, 0.15) is 5.37 Å². The third kappa shape index (κ3) is 2.10. The Balaban J connectivity index is 2.30. The van der Waals surface area contributed by atoms with E-state index >= 15 is 0 Å². The van der Waals surface area contributed by atoms with Gasteiger partial charge in [0.2, 0.25) is 0 Å². The summed E-state index contributed by atoms with van der Waals surface area (Å²) in [6, 6.07) is 6.09. The number of hydrogen-bond donors (Lipinski definition) is 1. The van der Waals surface area contributed by atoms with Crippen molar-refractivity contribution in [1.82, 2.24) is 10.3 Å². The molecule has 4 heteroatoms. The fourth-order valence-electron chi connectivity index (χ4n) is 1.51. The molecular weight excluding hydrogens is 218 g/mol. The molecule has 0 saturated heterocycles. The first-order chi connectivity index (χ1) is 7.85. The SMILES string of the molecule is CSC1NC(c2cccnc2)=CC=C1C#N. The first-order valence-corrected chi connectivity index (χ1v) is 6.15. The summed E-state index contributed by atoms with van der Waals surface area (Å²) in [4.78, 5) is 4.08. The van der Waals surface area contributed by atoms with Crippen LogP contribution < -0.4 is 5.32 Å². The zero-order chi connectivity index (χ0) is 11.4. The van der Waals surface area contributed by atoms with Crippen LogP contribution in [0.25, 0.3) is 5.70 Å². The number of thioether (sulfide) groups is 1. The number of rotatable bonds is 2. The highest BCUT2D eigenvalue weighted by Crippen LogP contribution is 2.23. The summed E-state index contributed by atoms with van der Waals surface area (Å²) in [6.45, 7) is 0. The van der Waals surface area contributed by atoms with Gasteiger partial charge in [-0.1, -0.05) is 0 Å². The summed E-state index contributed by atoms with van der Waals surface area (Å²) in [5.74, 6) is 0. The molecule has 0 saturated carbocycles. The van der Waals surface area contributed by atoms with E-state index in [0.29, 0.717) is 0 Å². The Morgan fingerprint density at radius 2 is 2.38 bits per heavy atom. The van der Waals surface area contributed by atoms with Crippen LogP contribution in [-0.2, 0) is 0 Å². The first-order valence-electron chi connectivity index (χ1n) is 4.87. The monoisotopic (exact) mass is 229 g/mol. The van der Waals surface area contributed by atoms with Crippen LogP contribution in [0.3, 0.4) is 0 Å². The quantitative estimate of drug-likeness (QED) is 0.844. The molecule has 0 bridgehead atoms. The zero-order valence-corrected chi connectivity index (χ0v) is 9.66. The highest BCUT2D eigenvalue weighted by atomic mass is 32.2. The van der Waals surface area contributed by atoms with Crippen molar-refractivity contribution in [3.05, 3.63) is 47.8 Å². The number of nitrogens with zero attached hydrogens (tertiary/aromatic N) is 2. The lowest BCUT2D eigenvalue weighted by atomic mass is 10.1. The Kier molecular flexibility index (Phi) is 3.28. The third-order valence-corrected chi connectivity index (χ3v) is 3.18. The number of nitrogens with one attached hydrogen (secondary N) is 1. The van der Waals surface area contributed by atoms with Gasteiger partial charge >= 0.3 is 0 Å². The summed E-state index contributed by atoms with van der Waals surface area (Å²) in [7, 11) is 0. The van der Waals surface area contributed by atoms with E-state index < -0.39 is 0 Å². The highest BCUT2D eigenvalue weighted by molar-refractivity contribution is 7.99. The molecule has 0 fully saturated rings. The topological polar surface area (TPSA) is 48.7 Å². The van der Waals surface area contributed by atoms with Crippen LogP contribution in [0.5, 0.6) is 0 Å². The summed E-state index contributed by atoms with van der Waals surface area (Å²) in [5.41, 5.74) is 2.79. The molecule has 1 aliphatic rings. The number of nitriles is 1.